The fourth-order valence-electron chi connectivity index (χ4n) is 3.97. The summed E-state index contributed by atoms with van der Waals surface area (Å²) in [6.45, 7) is 2.51. The third kappa shape index (κ3) is 5.43. The van der Waals surface area contributed by atoms with Gasteiger partial charge in [0.15, 0.2) is 0 Å². The molecule has 10 nitrogen and oxygen atoms in total. The van der Waals surface area contributed by atoms with E-state index < -0.39 is 74.3 Å². The summed E-state index contributed by atoms with van der Waals surface area (Å²) in [5.74, 6) is 11.2. The molecule has 8 N–H and O–H groups in total. The van der Waals surface area contributed by atoms with E-state index in [0.717, 1.165) is 11.1 Å². The Morgan fingerprint density at radius 1 is 0.647 bits per heavy atom. The Kier molecular flexibility index (Phi) is 8.68. The average Bonchev–Trinajstić information content (AvgIpc) is 2.81. The van der Waals surface area contributed by atoms with Gasteiger partial charge in [0.2, 0.25) is 0 Å². The SMILES string of the molecule is Cc1cc(C#CC2OC(CO)C(O)C(O)C2O)cc(C)c1C#CC1OC(CO)C(O)C(O)C1O. The first-order valence-corrected chi connectivity index (χ1v) is 10.8. The van der Waals surface area contributed by atoms with E-state index in [1.54, 1.807) is 26.0 Å². The first kappa shape index (κ1) is 26.5. The number of ether oxygens (including phenoxy) is 2. The Bertz CT molecular complexity index is 962. The Labute approximate surface area is 197 Å². The molecule has 0 spiro atoms. The topological polar surface area (TPSA) is 180 Å². The minimum Gasteiger partial charge on any atom is -0.394 e. The molecule has 0 aromatic heterocycles. The van der Waals surface area contributed by atoms with Gasteiger partial charge < -0.3 is 50.3 Å². The standard InChI is InChI=1S/C24H30O10/c1-11-7-13(3-5-15-19(27)23(31)21(29)17(9-25)33-15)8-12(2)14(11)4-6-16-20(28)24(32)22(30)18(10-26)34-16/h7-8,15-32H,9-10H2,1-2H3. The minimum atomic E-state index is -1.51. The Morgan fingerprint density at radius 2 is 1.06 bits per heavy atom. The number of aryl methyl sites for hydroxylation is 2. The van der Waals surface area contributed by atoms with Gasteiger partial charge in [-0.1, -0.05) is 23.7 Å². The van der Waals surface area contributed by atoms with Crippen molar-refractivity contribution in [3.63, 3.8) is 0 Å². The number of rotatable bonds is 2. The van der Waals surface area contributed by atoms with Gasteiger partial charge in [-0.3, -0.25) is 0 Å². The lowest BCUT2D eigenvalue weighted by Gasteiger charge is -2.37. The van der Waals surface area contributed by atoms with Crippen LogP contribution in [0.3, 0.4) is 0 Å². The van der Waals surface area contributed by atoms with E-state index >= 15 is 0 Å². The molecule has 10 atom stereocenters. The van der Waals surface area contributed by atoms with E-state index in [-0.39, 0.29) is 0 Å². The normalized spacial score (nSPS) is 37.8. The van der Waals surface area contributed by atoms with Gasteiger partial charge in [0.1, 0.15) is 61.0 Å². The highest BCUT2D eigenvalue weighted by Crippen LogP contribution is 2.23. The van der Waals surface area contributed by atoms with Crippen LogP contribution < -0.4 is 0 Å². The highest BCUT2D eigenvalue weighted by atomic mass is 16.5. The van der Waals surface area contributed by atoms with Crippen LogP contribution in [0.15, 0.2) is 12.1 Å². The number of aliphatic hydroxyl groups excluding tert-OH is 8. The Morgan fingerprint density at radius 3 is 1.47 bits per heavy atom. The number of aliphatic hydroxyl groups is 8. The summed E-state index contributed by atoms with van der Waals surface area (Å²) >= 11 is 0. The van der Waals surface area contributed by atoms with E-state index in [2.05, 4.69) is 23.7 Å². The molecule has 2 fully saturated rings. The molecule has 10 unspecified atom stereocenters. The molecule has 1 aromatic rings. The van der Waals surface area contributed by atoms with Crippen LogP contribution in [-0.2, 0) is 9.47 Å². The molecular weight excluding hydrogens is 448 g/mol. The maximum absolute atomic E-state index is 10.1. The lowest BCUT2D eigenvalue weighted by Crippen LogP contribution is -2.58. The lowest BCUT2D eigenvalue weighted by atomic mass is 9.94. The molecule has 0 aliphatic carbocycles. The molecule has 10 heteroatoms. The average molecular weight is 478 g/mol. The molecule has 2 aliphatic rings. The van der Waals surface area contributed by atoms with Gasteiger partial charge >= 0.3 is 0 Å². The molecule has 3 rings (SSSR count). The second kappa shape index (κ2) is 11.1. The van der Waals surface area contributed by atoms with E-state index in [1.807, 2.05) is 0 Å². The molecule has 2 aliphatic heterocycles. The summed E-state index contributed by atoms with van der Waals surface area (Å²) in [4.78, 5) is 0. The molecule has 2 heterocycles. The largest absolute Gasteiger partial charge is 0.394 e. The van der Waals surface area contributed by atoms with Crippen molar-refractivity contribution in [3.05, 3.63) is 34.4 Å². The highest BCUT2D eigenvalue weighted by Gasteiger charge is 2.43. The van der Waals surface area contributed by atoms with Crippen molar-refractivity contribution in [2.24, 2.45) is 0 Å². The van der Waals surface area contributed by atoms with Crippen LogP contribution in [-0.4, -0.2) is 115 Å². The number of hydrogen-bond donors (Lipinski definition) is 8. The van der Waals surface area contributed by atoms with Crippen molar-refractivity contribution in [2.75, 3.05) is 13.2 Å². The first-order chi connectivity index (χ1) is 16.1. The smallest absolute Gasteiger partial charge is 0.147 e. The van der Waals surface area contributed by atoms with Crippen LogP contribution in [0.5, 0.6) is 0 Å². The zero-order chi connectivity index (χ0) is 25.2. The van der Waals surface area contributed by atoms with Gasteiger partial charge in [-0.15, -0.1) is 0 Å². The molecule has 0 amide bonds. The van der Waals surface area contributed by atoms with Crippen molar-refractivity contribution in [2.45, 2.75) is 74.9 Å². The second-order valence-electron chi connectivity index (χ2n) is 8.52. The van der Waals surface area contributed by atoms with Crippen molar-refractivity contribution in [1.29, 1.82) is 0 Å². The summed E-state index contributed by atoms with van der Waals surface area (Å²) in [5, 5.41) is 78.4. The summed E-state index contributed by atoms with van der Waals surface area (Å²) in [7, 11) is 0. The molecule has 1 aromatic carbocycles. The molecule has 2 saturated heterocycles. The van der Waals surface area contributed by atoms with Crippen LogP contribution in [0.2, 0.25) is 0 Å². The van der Waals surface area contributed by atoms with E-state index in [1.165, 1.54) is 0 Å². The third-order valence-electron chi connectivity index (χ3n) is 6.02. The maximum Gasteiger partial charge on any atom is 0.147 e. The minimum absolute atomic E-state index is 0.539. The van der Waals surface area contributed by atoms with Crippen LogP contribution in [0.4, 0.5) is 0 Å². The van der Waals surface area contributed by atoms with E-state index in [0.29, 0.717) is 11.1 Å². The molecule has 186 valence electrons. The van der Waals surface area contributed by atoms with Gasteiger partial charge in [0.25, 0.3) is 0 Å². The summed E-state index contributed by atoms with van der Waals surface area (Å²) in [6.07, 6.45) is -13.1. The Balaban J connectivity index is 1.80. The fourth-order valence-corrected chi connectivity index (χ4v) is 3.97. The van der Waals surface area contributed by atoms with Crippen molar-refractivity contribution in [1.82, 2.24) is 0 Å². The van der Waals surface area contributed by atoms with Gasteiger partial charge in [-0.25, -0.2) is 0 Å². The Hall–Kier alpha value is -2.06. The molecular formula is C24H30O10. The van der Waals surface area contributed by atoms with Crippen LogP contribution in [0.1, 0.15) is 22.3 Å². The maximum atomic E-state index is 10.1. The fraction of sp³-hybridized carbons (Fsp3) is 0.583. The quantitative estimate of drug-likeness (QED) is 0.201. The van der Waals surface area contributed by atoms with Gasteiger partial charge in [-0.2, -0.15) is 0 Å². The van der Waals surface area contributed by atoms with Gasteiger partial charge in [-0.05, 0) is 37.1 Å². The lowest BCUT2D eigenvalue weighted by molar-refractivity contribution is -0.214. The van der Waals surface area contributed by atoms with E-state index in [4.69, 9.17) is 9.47 Å². The van der Waals surface area contributed by atoms with Crippen molar-refractivity contribution in [3.8, 4) is 23.7 Å². The summed E-state index contributed by atoms with van der Waals surface area (Å²) in [5.41, 5.74) is 2.70. The zero-order valence-electron chi connectivity index (χ0n) is 18.7. The van der Waals surface area contributed by atoms with Crippen molar-refractivity contribution >= 4 is 0 Å². The highest BCUT2D eigenvalue weighted by molar-refractivity contribution is 5.52. The number of benzene rings is 1. The monoisotopic (exact) mass is 478 g/mol. The summed E-state index contributed by atoms with van der Waals surface area (Å²) in [6, 6.07) is 3.47. The molecule has 34 heavy (non-hydrogen) atoms. The van der Waals surface area contributed by atoms with E-state index in [9.17, 15) is 40.9 Å². The van der Waals surface area contributed by atoms with Crippen LogP contribution >= 0.6 is 0 Å². The van der Waals surface area contributed by atoms with Crippen LogP contribution in [0.25, 0.3) is 0 Å². The molecule has 0 bridgehead atoms. The van der Waals surface area contributed by atoms with Crippen LogP contribution in [0, 0.1) is 37.5 Å². The molecule has 0 radical (unpaired) electrons. The summed E-state index contributed by atoms with van der Waals surface area (Å²) < 4.78 is 10.8. The zero-order valence-corrected chi connectivity index (χ0v) is 18.7. The van der Waals surface area contributed by atoms with Crippen molar-refractivity contribution < 1.29 is 50.3 Å². The second-order valence-corrected chi connectivity index (χ2v) is 8.52. The number of hydrogen-bond acceptors (Lipinski definition) is 10. The molecule has 0 saturated carbocycles. The third-order valence-corrected chi connectivity index (χ3v) is 6.02. The predicted octanol–water partition coefficient (Wildman–Crippen LogP) is -3.31. The van der Waals surface area contributed by atoms with Gasteiger partial charge in [0, 0.05) is 11.1 Å². The predicted molar refractivity (Wildman–Crippen MR) is 117 cm³/mol. The van der Waals surface area contributed by atoms with Gasteiger partial charge in [0.05, 0.1) is 13.2 Å². The first-order valence-electron chi connectivity index (χ1n) is 10.8.